The highest BCUT2D eigenvalue weighted by Crippen LogP contribution is 2.58. The van der Waals surface area contributed by atoms with E-state index >= 15 is 0 Å². The molecule has 5 heteroatoms. The molecular weight excluding hydrogens is 306 g/mol. The molecule has 1 amide bonds. The molecule has 0 bridgehead atoms. The van der Waals surface area contributed by atoms with Crippen LogP contribution >= 0.6 is 0 Å². The molecule has 1 fully saturated rings. The van der Waals surface area contributed by atoms with Gasteiger partial charge in [0.25, 0.3) is 0 Å². The second-order valence-electron chi connectivity index (χ2n) is 6.80. The van der Waals surface area contributed by atoms with Crippen LogP contribution in [0.1, 0.15) is 19.4 Å². The fraction of sp³-hybridized carbons (Fsp3) is 0.368. The second-order valence-corrected chi connectivity index (χ2v) is 6.80. The molecule has 2 N–H and O–H groups in total. The van der Waals surface area contributed by atoms with Gasteiger partial charge in [0.15, 0.2) is 0 Å². The van der Waals surface area contributed by atoms with Gasteiger partial charge in [-0.05, 0) is 22.3 Å². The first-order valence-electron chi connectivity index (χ1n) is 7.93. The number of carboxylic acids is 1. The average Bonchev–Trinajstić information content (AvgIpc) is 3.15. The molecule has 5 nitrogen and oxygen atoms in total. The van der Waals surface area contributed by atoms with Gasteiger partial charge in [0.05, 0.1) is 18.9 Å². The van der Waals surface area contributed by atoms with E-state index in [2.05, 4.69) is 5.32 Å². The molecule has 1 saturated carbocycles. The first kappa shape index (κ1) is 16.3. The second kappa shape index (κ2) is 5.82. The highest BCUT2D eigenvalue weighted by molar-refractivity contribution is 5.92. The van der Waals surface area contributed by atoms with Crippen molar-refractivity contribution in [3.63, 3.8) is 0 Å². The minimum Gasteiger partial charge on any atom is -0.496 e. The van der Waals surface area contributed by atoms with Crippen molar-refractivity contribution in [2.24, 2.45) is 17.3 Å². The number of hydrogen-bond acceptors (Lipinski definition) is 3. The van der Waals surface area contributed by atoms with E-state index in [9.17, 15) is 14.7 Å². The zero-order valence-electron chi connectivity index (χ0n) is 14.0. The maximum absolute atomic E-state index is 12.4. The largest absolute Gasteiger partial charge is 0.496 e. The number of hydrogen-bond donors (Lipinski definition) is 2. The Morgan fingerprint density at radius 2 is 1.88 bits per heavy atom. The van der Waals surface area contributed by atoms with Gasteiger partial charge in [-0.3, -0.25) is 9.59 Å². The molecule has 0 saturated heterocycles. The molecule has 0 spiro atoms. The number of amides is 1. The van der Waals surface area contributed by atoms with Crippen molar-refractivity contribution >= 4 is 22.6 Å². The lowest BCUT2D eigenvalue weighted by atomic mass is 10.0. The molecule has 3 rings (SSSR count). The third kappa shape index (κ3) is 2.60. The van der Waals surface area contributed by atoms with Gasteiger partial charge >= 0.3 is 5.97 Å². The lowest BCUT2D eigenvalue weighted by Crippen LogP contribution is -2.27. The molecule has 0 radical (unpaired) electrons. The third-order valence-electron chi connectivity index (χ3n) is 5.03. The highest BCUT2D eigenvalue weighted by atomic mass is 16.5. The highest BCUT2D eigenvalue weighted by Gasteiger charge is 2.65. The summed E-state index contributed by atoms with van der Waals surface area (Å²) in [5, 5.41) is 14.2. The molecule has 1 aliphatic rings. The number of carboxylic acid groups (broad SMARTS) is 1. The van der Waals surface area contributed by atoms with Gasteiger partial charge in [0, 0.05) is 12.1 Å². The lowest BCUT2D eigenvalue weighted by molar-refractivity contribution is -0.140. The van der Waals surface area contributed by atoms with Crippen molar-refractivity contribution in [1.82, 2.24) is 5.32 Å². The van der Waals surface area contributed by atoms with Crippen LogP contribution in [0, 0.1) is 17.3 Å². The first-order valence-corrected chi connectivity index (χ1v) is 7.93. The summed E-state index contributed by atoms with van der Waals surface area (Å²) in [7, 11) is 1.60. The average molecular weight is 327 g/mol. The van der Waals surface area contributed by atoms with Crippen molar-refractivity contribution < 1.29 is 19.4 Å². The Kier molecular flexibility index (Phi) is 3.95. The molecule has 0 heterocycles. The number of fused-ring (bicyclic) bond motifs is 1. The summed E-state index contributed by atoms with van der Waals surface area (Å²) in [6, 6.07) is 11.7. The Morgan fingerprint density at radius 3 is 2.50 bits per heavy atom. The lowest BCUT2D eigenvalue weighted by Gasteiger charge is -2.13. The van der Waals surface area contributed by atoms with Gasteiger partial charge in [-0.2, -0.15) is 0 Å². The van der Waals surface area contributed by atoms with Gasteiger partial charge in [0.2, 0.25) is 5.91 Å². The molecule has 0 aliphatic heterocycles. The van der Waals surface area contributed by atoms with E-state index in [1.54, 1.807) is 7.11 Å². The van der Waals surface area contributed by atoms with Gasteiger partial charge in [-0.15, -0.1) is 0 Å². The monoisotopic (exact) mass is 327 g/mol. The number of nitrogens with one attached hydrogen (secondary N) is 1. The molecule has 2 aromatic rings. The molecular formula is C19H21NO4. The van der Waals surface area contributed by atoms with Crippen molar-refractivity contribution in [1.29, 1.82) is 0 Å². The minimum atomic E-state index is -0.914. The number of rotatable bonds is 5. The summed E-state index contributed by atoms with van der Waals surface area (Å²) >= 11 is 0. The summed E-state index contributed by atoms with van der Waals surface area (Å²) in [4.78, 5) is 23.7. The van der Waals surface area contributed by atoms with Gasteiger partial charge in [0.1, 0.15) is 5.75 Å². The predicted molar refractivity (Wildman–Crippen MR) is 90.7 cm³/mol. The number of carbonyl (C=O) groups is 2. The van der Waals surface area contributed by atoms with Crippen molar-refractivity contribution in [2.75, 3.05) is 7.11 Å². The molecule has 0 unspecified atom stereocenters. The SMILES string of the molecule is COc1ccc2ccccc2c1CNC(=O)[C@@H]1[C@H](C(=O)O)C1(C)C. The van der Waals surface area contributed by atoms with E-state index in [0.29, 0.717) is 12.3 Å². The van der Waals surface area contributed by atoms with Crippen LogP contribution in [0.4, 0.5) is 0 Å². The standard InChI is InChI=1S/C19H21NO4/c1-19(2)15(16(19)18(22)23)17(21)20-10-13-12-7-5-4-6-11(12)8-9-14(13)24-3/h4-9,15-16H,10H2,1-3H3,(H,20,21)(H,22,23)/t15-,16+/m0/s1. The predicted octanol–water partition coefficient (Wildman–Crippen LogP) is 2.82. The summed E-state index contributed by atoms with van der Waals surface area (Å²) < 4.78 is 5.42. The fourth-order valence-corrected chi connectivity index (χ4v) is 3.56. The Hall–Kier alpha value is -2.56. The number of methoxy groups -OCH3 is 1. The molecule has 126 valence electrons. The van der Waals surface area contributed by atoms with Crippen LogP contribution in [0.5, 0.6) is 5.75 Å². The topological polar surface area (TPSA) is 75.6 Å². The van der Waals surface area contributed by atoms with Crippen LogP contribution in [-0.4, -0.2) is 24.1 Å². The van der Waals surface area contributed by atoms with Crippen molar-refractivity contribution in [2.45, 2.75) is 20.4 Å². The van der Waals surface area contributed by atoms with Crippen LogP contribution in [0.2, 0.25) is 0 Å². The quantitative estimate of drug-likeness (QED) is 0.885. The Morgan fingerprint density at radius 1 is 1.17 bits per heavy atom. The van der Waals surface area contributed by atoms with Gasteiger partial charge < -0.3 is 15.2 Å². The van der Waals surface area contributed by atoms with E-state index in [-0.39, 0.29) is 5.91 Å². The molecule has 0 aromatic heterocycles. The Balaban J connectivity index is 1.81. The zero-order valence-corrected chi connectivity index (χ0v) is 14.0. The molecule has 2 atom stereocenters. The van der Waals surface area contributed by atoms with Crippen LogP contribution in [0.3, 0.4) is 0 Å². The maximum Gasteiger partial charge on any atom is 0.307 e. The number of ether oxygens (including phenoxy) is 1. The van der Waals surface area contributed by atoms with E-state index < -0.39 is 23.2 Å². The van der Waals surface area contributed by atoms with Gasteiger partial charge in [-0.1, -0.05) is 44.2 Å². The summed E-state index contributed by atoms with van der Waals surface area (Å²) in [5.74, 6) is -1.54. The minimum absolute atomic E-state index is 0.220. The normalized spacial score (nSPS) is 21.3. The molecule has 24 heavy (non-hydrogen) atoms. The van der Waals surface area contributed by atoms with E-state index in [4.69, 9.17) is 4.74 Å². The summed E-state index contributed by atoms with van der Waals surface area (Å²) in [6.45, 7) is 3.94. The fourth-order valence-electron chi connectivity index (χ4n) is 3.56. The number of carbonyl (C=O) groups excluding carboxylic acids is 1. The van der Waals surface area contributed by atoms with Gasteiger partial charge in [-0.25, -0.2) is 0 Å². The number of benzene rings is 2. The van der Waals surface area contributed by atoms with E-state index in [0.717, 1.165) is 16.3 Å². The van der Waals surface area contributed by atoms with Crippen LogP contribution in [-0.2, 0) is 16.1 Å². The summed E-state index contributed by atoms with van der Waals surface area (Å²) in [5.41, 5.74) is 0.396. The Bertz CT molecular complexity index is 812. The van der Waals surface area contributed by atoms with E-state index in [1.807, 2.05) is 50.2 Å². The Labute approximate surface area is 140 Å². The van der Waals surface area contributed by atoms with E-state index in [1.165, 1.54) is 0 Å². The van der Waals surface area contributed by atoms with Crippen molar-refractivity contribution in [3.05, 3.63) is 42.0 Å². The van der Waals surface area contributed by atoms with Crippen LogP contribution in [0.15, 0.2) is 36.4 Å². The smallest absolute Gasteiger partial charge is 0.307 e. The van der Waals surface area contributed by atoms with Crippen LogP contribution < -0.4 is 10.1 Å². The summed E-state index contributed by atoms with van der Waals surface area (Å²) in [6.07, 6.45) is 0. The molecule has 2 aromatic carbocycles. The zero-order chi connectivity index (χ0) is 17.5. The number of aliphatic carboxylic acids is 1. The van der Waals surface area contributed by atoms with Crippen molar-refractivity contribution in [3.8, 4) is 5.75 Å². The van der Waals surface area contributed by atoms with Crippen LogP contribution in [0.25, 0.3) is 10.8 Å². The first-order chi connectivity index (χ1) is 11.4. The molecule has 1 aliphatic carbocycles. The maximum atomic E-state index is 12.4. The third-order valence-corrected chi connectivity index (χ3v) is 5.03.